The van der Waals surface area contributed by atoms with Crippen LogP contribution in [0.5, 0.6) is 0 Å². The van der Waals surface area contributed by atoms with Gasteiger partial charge in [0.1, 0.15) is 6.33 Å². The zero-order valence-corrected chi connectivity index (χ0v) is 11.8. The monoisotopic (exact) mass is 254 g/mol. The van der Waals surface area contributed by atoms with Crippen LogP contribution in [0.25, 0.3) is 0 Å². The first kappa shape index (κ1) is 14.7. The van der Waals surface area contributed by atoms with Gasteiger partial charge in [0, 0.05) is 6.07 Å². The molecular weight excluding hydrogens is 232 g/mol. The molecule has 0 saturated heterocycles. The van der Waals surface area contributed by atoms with Gasteiger partial charge in [-0.15, -0.1) is 0 Å². The summed E-state index contributed by atoms with van der Waals surface area (Å²) >= 11 is 0. The van der Waals surface area contributed by atoms with Gasteiger partial charge in [-0.1, -0.05) is 0 Å². The van der Waals surface area contributed by atoms with Crippen molar-refractivity contribution in [2.75, 3.05) is 10.1 Å². The maximum absolute atomic E-state index is 10.0. The lowest BCUT2D eigenvalue weighted by Gasteiger charge is -2.32. The average molecular weight is 254 g/mol. The molecule has 1 rings (SSSR count). The average Bonchev–Trinajstić information content (AvgIpc) is 2.24. The van der Waals surface area contributed by atoms with Gasteiger partial charge in [-0.2, -0.15) is 0 Å². The molecule has 0 spiro atoms. The summed E-state index contributed by atoms with van der Waals surface area (Å²) in [6.45, 7) is 11.1. The van der Waals surface area contributed by atoms with Crippen molar-refractivity contribution in [1.82, 2.24) is 9.97 Å². The van der Waals surface area contributed by atoms with Crippen molar-refractivity contribution >= 4 is 11.6 Å². The maximum atomic E-state index is 10.0. The number of nitrogens with zero attached hydrogens (tertiary/aromatic N) is 4. The van der Waals surface area contributed by atoms with E-state index in [1.165, 1.54) is 12.4 Å². The molecule has 6 nitrogen and oxygen atoms in total. The Morgan fingerprint density at radius 1 is 0.833 bits per heavy atom. The summed E-state index contributed by atoms with van der Waals surface area (Å²) in [4.78, 5) is 7.99. The summed E-state index contributed by atoms with van der Waals surface area (Å²) in [5.74, 6) is 0.687. The van der Waals surface area contributed by atoms with Crippen LogP contribution in [0.3, 0.4) is 0 Å². The summed E-state index contributed by atoms with van der Waals surface area (Å²) in [5, 5.41) is 22.1. The first-order chi connectivity index (χ1) is 8.03. The maximum Gasteiger partial charge on any atom is 0.158 e. The van der Waals surface area contributed by atoms with E-state index in [4.69, 9.17) is 0 Å². The van der Waals surface area contributed by atoms with Crippen LogP contribution in [0.15, 0.2) is 12.4 Å². The smallest absolute Gasteiger partial charge is 0.158 e. The number of anilines is 2. The summed E-state index contributed by atoms with van der Waals surface area (Å²) < 4.78 is 0. The third-order valence-corrected chi connectivity index (χ3v) is 2.34. The van der Waals surface area contributed by atoms with E-state index >= 15 is 0 Å². The van der Waals surface area contributed by atoms with Gasteiger partial charge in [0.15, 0.2) is 11.6 Å². The molecular formula is C12H22N4O2. The van der Waals surface area contributed by atoms with Crippen LogP contribution in [-0.4, -0.2) is 31.5 Å². The minimum atomic E-state index is -0.479. The van der Waals surface area contributed by atoms with E-state index in [0.717, 1.165) is 10.1 Å². The van der Waals surface area contributed by atoms with Gasteiger partial charge in [0.2, 0.25) is 0 Å². The molecule has 0 aromatic carbocycles. The van der Waals surface area contributed by atoms with Crippen molar-refractivity contribution in [3.05, 3.63) is 12.4 Å². The molecule has 1 aromatic rings. The Balaban J connectivity index is 3.07. The van der Waals surface area contributed by atoms with E-state index in [9.17, 15) is 10.4 Å². The fourth-order valence-corrected chi connectivity index (χ4v) is 1.26. The number of hydrogen-bond donors (Lipinski definition) is 2. The van der Waals surface area contributed by atoms with Crippen molar-refractivity contribution in [3.8, 4) is 0 Å². The second kappa shape index (κ2) is 4.70. The fraction of sp³-hybridized carbons (Fsp3) is 0.667. The van der Waals surface area contributed by atoms with Crippen molar-refractivity contribution in [2.24, 2.45) is 0 Å². The highest BCUT2D eigenvalue weighted by Gasteiger charge is 2.25. The standard InChI is InChI=1S/C12H22N4O2/c1-11(2,3)15(17)9-7-10(14-8-13-9)16(18)12(4,5)6/h7-8,17-18H,1-6H3. The summed E-state index contributed by atoms with van der Waals surface area (Å²) in [5.41, 5.74) is -0.957. The SMILES string of the molecule is CC(C)(C)N(O)c1cc(N(O)C(C)(C)C)ncn1. The molecule has 0 saturated carbocycles. The first-order valence-corrected chi connectivity index (χ1v) is 5.84. The number of hydroxylamine groups is 2. The van der Waals surface area contributed by atoms with Gasteiger partial charge in [-0.05, 0) is 41.5 Å². The summed E-state index contributed by atoms with van der Waals surface area (Å²) in [7, 11) is 0. The van der Waals surface area contributed by atoms with Gasteiger partial charge >= 0.3 is 0 Å². The predicted molar refractivity (Wildman–Crippen MR) is 70.1 cm³/mol. The quantitative estimate of drug-likeness (QED) is 0.790. The van der Waals surface area contributed by atoms with Gasteiger partial charge in [-0.25, -0.2) is 20.1 Å². The topological polar surface area (TPSA) is 72.7 Å². The lowest BCUT2D eigenvalue weighted by atomic mass is 10.1. The Kier molecular flexibility index (Phi) is 3.83. The third-order valence-electron chi connectivity index (χ3n) is 2.34. The fourth-order valence-electron chi connectivity index (χ4n) is 1.26. The van der Waals surface area contributed by atoms with Crippen LogP contribution < -0.4 is 10.1 Å². The van der Waals surface area contributed by atoms with E-state index in [0.29, 0.717) is 11.6 Å². The third kappa shape index (κ3) is 3.30. The lowest BCUT2D eigenvalue weighted by molar-refractivity contribution is 0.173. The molecule has 1 aromatic heterocycles. The molecule has 0 bridgehead atoms. The molecule has 0 fully saturated rings. The van der Waals surface area contributed by atoms with Gasteiger partial charge < -0.3 is 0 Å². The van der Waals surface area contributed by atoms with E-state index in [2.05, 4.69) is 9.97 Å². The molecule has 6 heteroatoms. The van der Waals surface area contributed by atoms with Crippen molar-refractivity contribution in [3.63, 3.8) is 0 Å². The predicted octanol–water partition coefficient (Wildman–Crippen LogP) is 2.46. The van der Waals surface area contributed by atoms with E-state index < -0.39 is 11.1 Å². The summed E-state index contributed by atoms with van der Waals surface area (Å²) in [6.07, 6.45) is 1.31. The van der Waals surface area contributed by atoms with Crippen LogP contribution >= 0.6 is 0 Å². The molecule has 0 unspecified atom stereocenters. The minimum absolute atomic E-state index is 0.343. The molecule has 0 radical (unpaired) electrons. The molecule has 102 valence electrons. The van der Waals surface area contributed by atoms with Crippen molar-refractivity contribution in [1.29, 1.82) is 0 Å². The normalized spacial score (nSPS) is 12.4. The first-order valence-electron chi connectivity index (χ1n) is 5.84. The molecule has 0 atom stereocenters. The number of rotatable bonds is 2. The number of aromatic nitrogens is 2. The van der Waals surface area contributed by atoms with Crippen molar-refractivity contribution < 1.29 is 10.4 Å². The second-order valence-electron chi connectivity index (χ2n) is 6.20. The minimum Gasteiger partial charge on any atom is -0.286 e. The molecule has 18 heavy (non-hydrogen) atoms. The van der Waals surface area contributed by atoms with Crippen LogP contribution in [0.2, 0.25) is 0 Å². The molecule has 0 aliphatic heterocycles. The molecule has 1 heterocycles. The van der Waals surface area contributed by atoms with Crippen molar-refractivity contribution in [2.45, 2.75) is 52.6 Å². The van der Waals surface area contributed by atoms with E-state index in [-0.39, 0.29) is 0 Å². The molecule has 0 amide bonds. The Labute approximate surface area is 108 Å². The number of hydrogen-bond acceptors (Lipinski definition) is 6. The Morgan fingerprint density at radius 3 is 1.44 bits per heavy atom. The molecule has 2 N–H and O–H groups in total. The zero-order valence-electron chi connectivity index (χ0n) is 11.8. The van der Waals surface area contributed by atoms with Crippen LogP contribution in [-0.2, 0) is 0 Å². The Morgan fingerprint density at radius 2 is 1.17 bits per heavy atom. The largest absolute Gasteiger partial charge is 0.286 e. The Hall–Kier alpha value is -1.40. The van der Waals surface area contributed by atoms with E-state index in [1.807, 2.05) is 41.5 Å². The highest BCUT2D eigenvalue weighted by Crippen LogP contribution is 2.24. The highest BCUT2D eigenvalue weighted by molar-refractivity contribution is 5.49. The van der Waals surface area contributed by atoms with Crippen LogP contribution in [0, 0.1) is 0 Å². The van der Waals surface area contributed by atoms with E-state index in [1.54, 1.807) is 0 Å². The lowest BCUT2D eigenvalue weighted by Crippen LogP contribution is -2.41. The highest BCUT2D eigenvalue weighted by atomic mass is 16.5. The Bertz CT molecular complexity index is 374. The second-order valence-corrected chi connectivity index (χ2v) is 6.20. The molecule has 0 aliphatic carbocycles. The van der Waals surface area contributed by atoms with Crippen LogP contribution in [0.1, 0.15) is 41.5 Å². The zero-order chi connectivity index (χ0) is 14.1. The van der Waals surface area contributed by atoms with Crippen LogP contribution in [0.4, 0.5) is 11.6 Å². The van der Waals surface area contributed by atoms with Gasteiger partial charge in [0.25, 0.3) is 0 Å². The summed E-state index contributed by atoms with van der Waals surface area (Å²) in [6, 6.07) is 1.54. The van der Waals surface area contributed by atoms with Gasteiger partial charge in [0.05, 0.1) is 11.1 Å². The molecule has 0 aliphatic rings. The van der Waals surface area contributed by atoms with Gasteiger partial charge in [-0.3, -0.25) is 10.4 Å².